The highest BCUT2D eigenvalue weighted by Gasteiger charge is 2.28. The van der Waals surface area contributed by atoms with E-state index in [0.717, 1.165) is 6.07 Å². The van der Waals surface area contributed by atoms with E-state index in [1.165, 1.54) is 12.1 Å². The van der Waals surface area contributed by atoms with Crippen LogP contribution >= 0.6 is 0 Å². The predicted octanol–water partition coefficient (Wildman–Crippen LogP) is 2.13. The smallest absolute Gasteiger partial charge is 0.341 e. The Hall–Kier alpha value is -1.21. The Morgan fingerprint density at radius 2 is 2.00 bits per heavy atom. The Morgan fingerprint density at radius 3 is 2.61 bits per heavy atom. The first kappa shape index (κ1) is 14.8. The van der Waals surface area contributed by atoms with Gasteiger partial charge in [0.15, 0.2) is 0 Å². The average molecular weight is 279 g/mol. The lowest BCUT2D eigenvalue weighted by Crippen LogP contribution is -2.16. The Labute approximate surface area is 105 Å². The Kier molecular flexibility index (Phi) is 5.49. The lowest BCUT2D eigenvalue weighted by atomic mass is 10.3. The van der Waals surface area contributed by atoms with Gasteiger partial charge in [0.25, 0.3) is 0 Å². The van der Waals surface area contributed by atoms with Crippen LogP contribution in [0.25, 0.3) is 0 Å². The maximum atomic E-state index is 12.5. The van der Waals surface area contributed by atoms with Crippen molar-refractivity contribution in [3.05, 3.63) is 24.3 Å². The number of hydrogen-bond acceptors (Lipinski definition) is 4. The molecular weight excluding hydrogens is 264 g/mol. The van der Waals surface area contributed by atoms with Crippen molar-refractivity contribution in [1.82, 2.24) is 0 Å². The Balaban J connectivity index is 2.87. The molecule has 1 N–H and O–H groups in total. The number of anilines is 1. The van der Waals surface area contributed by atoms with Gasteiger partial charge in [-0.15, -0.1) is 0 Å². The van der Waals surface area contributed by atoms with Crippen molar-refractivity contribution in [2.45, 2.75) is 17.6 Å². The van der Waals surface area contributed by atoms with Crippen molar-refractivity contribution in [2.75, 3.05) is 25.1 Å². The normalized spacial score (nSPS) is 11.8. The van der Waals surface area contributed by atoms with E-state index in [4.69, 9.17) is 4.74 Å². The first-order valence-electron chi connectivity index (χ1n) is 5.42. The summed E-state index contributed by atoms with van der Waals surface area (Å²) < 4.78 is 52.9. The fourth-order valence-corrected chi connectivity index (χ4v) is 2.27. The van der Waals surface area contributed by atoms with E-state index in [1.54, 1.807) is 6.07 Å². The fourth-order valence-electron chi connectivity index (χ4n) is 1.36. The summed E-state index contributed by atoms with van der Waals surface area (Å²) in [4.78, 5) is -0.392. The average Bonchev–Trinajstić information content (AvgIpc) is 2.35. The summed E-state index contributed by atoms with van der Waals surface area (Å²) in [6.07, 6.45) is 0. The molecule has 102 valence electrons. The minimum absolute atomic E-state index is 0.164. The summed E-state index contributed by atoms with van der Waals surface area (Å²) >= 11 is 0. The van der Waals surface area contributed by atoms with Crippen LogP contribution in [-0.4, -0.2) is 33.9 Å². The molecule has 0 aliphatic rings. The SMILES string of the molecule is CCOCCNc1ccccc1S(=O)(=O)C(F)F. The summed E-state index contributed by atoms with van der Waals surface area (Å²) in [5.74, 6) is -3.42. The number of halogens is 2. The van der Waals surface area contributed by atoms with Crippen LogP contribution in [0, 0.1) is 0 Å². The first-order valence-corrected chi connectivity index (χ1v) is 6.97. The summed E-state index contributed by atoms with van der Waals surface area (Å²) in [7, 11) is -4.59. The highest BCUT2D eigenvalue weighted by molar-refractivity contribution is 7.91. The third-order valence-electron chi connectivity index (χ3n) is 2.19. The molecule has 0 bridgehead atoms. The third-order valence-corrected chi connectivity index (χ3v) is 3.63. The van der Waals surface area contributed by atoms with Gasteiger partial charge < -0.3 is 10.1 Å². The van der Waals surface area contributed by atoms with Crippen LogP contribution in [0.1, 0.15) is 6.92 Å². The van der Waals surface area contributed by atoms with Gasteiger partial charge in [-0.3, -0.25) is 0 Å². The van der Waals surface area contributed by atoms with Crippen molar-refractivity contribution in [3.8, 4) is 0 Å². The van der Waals surface area contributed by atoms with Crippen LogP contribution < -0.4 is 5.32 Å². The molecule has 0 fully saturated rings. The van der Waals surface area contributed by atoms with Crippen LogP contribution in [-0.2, 0) is 14.6 Å². The van der Waals surface area contributed by atoms with E-state index in [9.17, 15) is 17.2 Å². The molecule has 1 aromatic carbocycles. The number of alkyl halides is 2. The summed E-state index contributed by atoms with van der Waals surface area (Å²) in [5.41, 5.74) is 0.164. The molecule has 1 aromatic rings. The molecule has 18 heavy (non-hydrogen) atoms. The second-order valence-electron chi connectivity index (χ2n) is 3.43. The van der Waals surface area contributed by atoms with E-state index < -0.39 is 20.5 Å². The van der Waals surface area contributed by atoms with Gasteiger partial charge >= 0.3 is 5.76 Å². The fraction of sp³-hybridized carbons (Fsp3) is 0.455. The highest BCUT2D eigenvalue weighted by Crippen LogP contribution is 2.25. The molecule has 0 aliphatic carbocycles. The van der Waals surface area contributed by atoms with Gasteiger partial charge in [-0.1, -0.05) is 12.1 Å². The Morgan fingerprint density at radius 1 is 1.33 bits per heavy atom. The van der Waals surface area contributed by atoms with E-state index in [2.05, 4.69) is 5.32 Å². The van der Waals surface area contributed by atoms with Gasteiger partial charge in [0.05, 0.1) is 17.2 Å². The quantitative estimate of drug-likeness (QED) is 0.777. The lowest BCUT2D eigenvalue weighted by molar-refractivity contribution is 0.158. The molecule has 0 unspecified atom stereocenters. The van der Waals surface area contributed by atoms with Crippen molar-refractivity contribution in [3.63, 3.8) is 0 Å². The van der Waals surface area contributed by atoms with Crippen LogP contribution in [0.3, 0.4) is 0 Å². The molecule has 0 radical (unpaired) electrons. The van der Waals surface area contributed by atoms with E-state index in [-0.39, 0.29) is 5.69 Å². The van der Waals surface area contributed by atoms with Crippen LogP contribution in [0.5, 0.6) is 0 Å². The monoisotopic (exact) mass is 279 g/mol. The zero-order valence-corrected chi connectivity index (χ0v) is 10.7. The molecule has 0 heterocycles. The maximum absolute atomic E-state index is 12.5. The zero-order valence-electron chi connectivity index (χ0n) is 9.90. The molecule has 0 saturated carbocycles. The second kappa shape index (κ2) is 6.65. The topological polar surface area (TPSA) is 55.4 Å². The molecule has 0 aromatic heterocycles. The maximum Gasteiger partial charge on any atom is 0.341 e. The number of benzene rings is 1. The van der Waals surface area contributed by atoms with Crippen molar-refractivity contribution in [1.29, 1.82) is 0 Å². The molecule has 0 spiro atoms. The van der Waals surface area contributed by atoms with Gasteiger partial charge in [0.1, 0.15) is 0 Å². The van der Waals surface area contributed by atoms with Gasteiger partial charge in [-0.2, -0.15) is 8.78 Å². The molecule has 0 saturated heterocycles. The molecule has 1 rings (SSSR count). The largest absolute Gasteiger partial charge is 0.382 e. The lowest BCUT2D eigenvalue weighted by Gasteiger charge is -2.11. The van der Waals surface area contributed by atoms with E-state index in [0.29, 0.717) is 19.8 Å². The standard InChI is InChI=1S/C11H15F2NO3S/c1-2-17-8-7-14-9-5-3-4-6-10(9)18(15,16)11(12)13/h3-6,11,14H,2,7-8H2,1H3. The number of para-hydroxylation sites is 1. The van der Waals surface area contributed by atoms with Crippen molar-refractivity contribution < 1.29 is 21.9 Å². The number of rotatable bonds is 7. The third kappa shape index (κ3) is 3.64. The molecular formula is C11H15F2NO3S. The van der Waals surface area contributed by atoms with Gasteiger partial charge in [0.2, 0.25) is 9.84 Å². The Bertz CT molecular complexity index is 477. The molecule has 0 atom stereocenters. The molecule has 0 amide bonds. The summed E-state index contributed by atoms with van der Waals surface area (Å²) in [6.45, 7) is 3.09. The second-order valence-corrected chi connectivity index (χ2v) is 5.31. The molecule has 4 nitrogen and oxygen atoms in total. The molecule has 0 aliphatic heterocycles. The van der Waals surface area contributed by atoms with Gasteiger partial charge in [-0.25, -0.2) is 8.42 Å². The summed E-state index contributed by atoms with van der Waals surface area (Å²) in [5, 5.41) is 2.77. The number of nitrogens with one attached hydrogen (secondary N) is 1. The van der Waals surface area contributed by atoms with E-state index >= 15 is 0 Å². The number of hydrogen-bond donors (Lipinski definition) is 1. The van der Waals surface area contributed by atoms with Crippen LogP contribution in [0.4, 0.5) is 14.5 Å². The highest BCUT2D eigenvalue weighted by atomic mass is 32.2. The minimum atomic E-state index is -4.59. The number of ether oxygens (including phenoxy) is 1. The molecule has 7 heteroatoms. The van der Waals surface area contributed by atoms with Crippen LogP contribution in [0.2, 0.25) is 0 Å². The van der Waals surface area contributed by atoms with Gasteiger partial charge in [-0.05, 0) is 19.1 Å². The predicted molar refractivity (Wildman–Crippen MR) is 64.6 cm³/mol. The summed E-state index contributed by atoms with van der Waals surface area (Å²) in [6, 6.07) is 5.59. The first-order chi connectivity index (χ1) is 8.50. The van der Waals surface area contributed by atoms with E-state index in [1.807, 2.05) is 6.92 Å². The zero-order chi connectivity index (χ0) is 13.6. The van der Waals surface area contributed by atoms with Crippen LogP contribution in [0.15, 0.2) is 29.2 Å². The van der Waals surface area contributed by atoms with Gasteiger partial charge in [0, 0.05) is 13.2 Å². The van der Waals surface area contributed by atoms with Crippen molar-refractivity contribution in [2.24, 2.45) is 0 Å². The number of sulfone groups is 1. The van der Waals surface area contributed by atoms with Crippen molar-refractivity contribution >= 4 is 15.5 Å². The minimum Gasteiger partial charge on any atom is -0.382 e.